The molecule has 0 saturated carbocycles. The van der Waals surface area contributed by atoms with Crippen molar-refractivity contribution < 1.29 is 4.74 Å². The minimum atomic E-state index is 0.884. The van der Waals surface area contributed by atoms with Crippen LogP contribution >= 0.6 is 11.3 Å². The molecule has 0 aliphatic carbocycles. The molecule has 2 rings (SSSR count). The maximum atomic E-state index is 5.26. The molecule has 1 heterocycles. The van der Waals surface area contributed by atoms with Crippen LogP contribution in [0.1, 0.15) is 21.8 Å². The van der Waals surface area contributed by atoms with E-state index in [1.165, 1.54) is 16.1 Å². The summed E-state index contributed by atoms with van der Waals surface area (Å²) in [6, 6.07) is 6.29. The van der Waals surface area contributed by atoms with Crippen molar-refractivity contribution in [2.24, 2.45) is 0 Å². The molecule has 4 heteroatoms. The highest BCUT2D eigenvalue weighted by Crippen LogP contribution is 2.18. The van der Waals surface area contributed by atoms with Crippen molar-refractivity contribution in [2.75, 3.05) is 13.7 Å². The van der Waals surface area contributed by atoms with Crippen molar-refractivity contribution >= 4 is 11.3 Å². The molecule has 102 valence electrons. The van der Waals surface area contributed by atoms with Crippen LogP contribution in [-0.4, -0.2) is 18.6 Å². The van der Waals surface area contributed by atoms with Crippen LogP contribution in [0.3, 0.4) is 0 Å². The number of ether oxygens (including phenoxy) is 1. The zero-order valence-corrected chi connectivity index (χ0v) is 12.5. The number of aryl methyl sites for hydroxylation is 2. The third-order valence-electron chi connectivity index (χ3n) is 2.97. The van der Waals surface area contributed by atoms with E-state index in [9.17, 15) is 0 Å². The molecule has 1 aromatic carbocycles. The van der Waals surface area contributed by atoms with Crippen LogP contribution in [0.5, 0.6) is 5.75 Å². The molecule has 1 N–H and O–H groups in total. The second-order valence-corrected chi connectivity index (χ2v) is 5.56. The van der Waals surface area contributed by atoms with Crippen molar-refractivity contribution in [2.45, 2.75) is 26.8 Å². The molecular formula is C15H20N2OS. The second-order valence-electron chi connectivity index (χ2n) is 4.61. The van der Waals surface area contributed by atoms with Crippen molar-refractivity contribution in [1.29, 1.82) is 0 Å². The molecule has 0 aliphatic heterocycles. The summed E-state index contributed by atoms with van der Waals surface area (Å²) < 4.78 is 5.26. The highest BCUT2D eigenvalue weighted by molar-refractivity contribution is 7.09. The topological polar surface area (TPSA) is 34.1 Å². The molecule has 0 spiro atoms. The SMILES string of the molecule is COc1ccc(CNCCc2nc(C)cs2)cc1C. The first-order chi connectivity index (χ1) is 9.19. The highest BCUT2D eigenvalue weighted by Gasteiger charge is 2.01. The summed E-state index contributed by atoms with van der Waals surface area (Å²) >= 11 is 1.74. The Morgan fingerprint density at radius 3 is 2.79 bits per heavy atom. The fourth-order valence-electron chi connectivity index (χ4n) is 2.00. The quantitative estimate of drug-likeness (QED) is 0.823. The van der Waals surface area contributed by atoms with Crippen LogP contribution in [0.2, 0.25) is 0 Å². The van der Waals surface area contributed by atoms with Crippen LogP contribution in [0.15, 0.2) is 23.6 Å². The Kier molecular flexibility index (Phi) is 4.93. The number of nitrogens with zero attached hydrogens (tertiary/aromatic N) is 1. The molecule has 2 aromatic rings. The summed E-state index contributed by atoms with van der Waals surface area (Å²) in [5.41, 5.74) is 3.58. The lowest BCUT2D eigenvalue weighted by atomic mass is 10.1. The van der Waals surface area contributed by atoms with Crippen molar-refractivity contribution in [3.05, 3.63) is 45.4 Å². The average Bonchev–Trinajstić information content (AvgIpc) is 2.81. The lowest BCUT2D eigenvalue weighted by Gasteiger charge is -2.08. The van der Waals surface area contributed by atoms with Gasteiger partial charge in [0.15, 0.2) is 0 Å². The Morgan fingerprint density at radius 2 is 2.16 bits per heavy atom. The van der Waals surface area contributed by atoms with Crippen molar-refractivity contribution in [3.8, 4) is 5.75 Å². The number of thiazole rings is 1. The Balaban J connectivity index is 1.78. The van der Waals surface area contributed by atoms with Crippen LogP contribution in [-0.2, 0) is 13.0 Å². The minimum Gasteiger partial charge on any atom is -0.496 e. The van der Waals surface area contributed by atoms with Crippen molar-refractivity contribution in [3.63, 3.8) is 0 Å². The number of nitrogens with one attached hydrogen (secondary N) is 1. The lowest BCUT2D eigenvalue weighted by Crippen LogP contribution is -2.16. The summed E-state index contributed by atoms with van der Waals surface area (Å²) in [7, 11) is 1.70. The van der Waals surface area contributed by atoms with Crippen molar-refractivity contribution in [1.82, 2.24) is 10.3 Å². The molecule has 0 bridgehead atoms. The van der Waals surface area contributed by atoms with Gasteiger partial charge in [0.05, 0.1) is 12.1 Å². The van der Waals surface area contributed by atoms with Gasteiger partial charge in [0, 0.05) is 30.6 Å². The van der Waals surface area contributed by atoms with Crippen LogP contribution in [0.25, 0.3) is 0 Å². The van der Waals surface area contributed by atoms with Gasteiger partial charge < -0.3 is 10.1 Å². The third-order valence-corrected chi connectivity index (χ3v) is 4.00. The average molecular weight is 276 g/mol. The minimum absolute atomic E-state index is 0.884. The first-order valence-corrected chi connectivity index (χ1v) is 7.32. The zero-order valence-electron chi connectivity index (χ0n) is 11.7. The van der Waals surface area contributed by atoms with E-state index in [4.69, 9.17) is 4.74 Å². The number of aromatic nitrogens is 1. The normalized spacial score (nSPS) is 10.7. The largest absolute Gasteiger partial charge is 0.496 e. The number of benzene rings is 1. The Morgan fingerprint density at radius 1 is 1.32 bits per heavy atom. The number of hydrogen-bond donors (Lipinski definition) is 1. The molecule has 19 heavy (non-hydrogen) atoms. The van der Waals surface area contributed by atoms with E-state index in [1.54, 1.807) is 18.4 Å². The van der Waals surface area contributed by atoms with Gasteiger partial charge in [-0.3, -0.25) is 0 Å². The fraction of sp³-hybridized carbons (Fsp3) is 0.400. The van der Waals surface area contributed by atoms with E-state index < -0.39 is 0 Å². The Bertz CT molecular complexity index is 537. The molecule has 0 radical (unpaired) electrons. The molecule has 0 fully saturated rings. The lowest BCUT2D eigenvalue weighted by molar-refractivity contribution is 0.411. The van der Waals surface area contributed by atoms with Gasteiger partial charge >= 0.3 is 0 Å². The van der Waals surface area contributed by atoms with E-state index in [0.29, 0.717) is 0 Å². The Labute approximate surface area is 118 Å². The van der Waals surface area contributed by atoms with Crippen LogP contribution in [0, 0.1) is 13.8 Å². The van der Waals surface area contributed by atoms with Gasteiger partial charge in [-0.1, -0.05) is 12.1 Å². The first-order valence-electron chi connectivity index (χ1n) is 6.44. The summed E-state index contributed by atoms with van der Waals surface area (Å²) in [4.78, 5) is 4.45. The van der Waals surface area contributed by atoms with Gasteiger partial charge in [0.1, 0.15) is 5.75 Å². The van der Waals surface area contributed by atoms with E-state index in [0.717, 1.165) is 31.0 Å². The van der Waals surface area contributed by atoms with Gasteiger partial charge in [-0.25, -0.2) is 4.98 Å². The van der Waals surface area contributed by atoms with E-state index >= 15 is 0 Å². The highest BCUT2D eigenvalue weighted by atomic mass is 32.1. The van der Waals surface area contributed by atoms with Gasteiger partial charge in [0.25, 0.3) is 0 Å². The third kappa shape index (κ3) is 4.04. The monoisotopic (exact) mass is 276 g/mol. The fourth-order valence-corrected chi connectivity index (χ4v) is 2.77. The second kappa shape index (κ2) is 6.68. The Hall–Kier alpha value is -1.39. The maximum absolute atomic E-state index is 5.26. The maximum Gasteiger partial charge on any atom is 0.121 e. The summed E-state index contributed by atoms with van der Waals surface area (Å²) in [5, 5.41) is 6.75. The molecule has 0 unspecified atom stereocenters. The molecule has 0 amide bonds. The van der Waals surface area contributed by atoms with E-state index in [1.807, 2.05) is 13.0 Å². The van der Waals surface area contributed by atoms with Gasteiger partial charge in [-0.15, -0.1) is 11.3 Å². The van der Waals surface area contributed by atoms with Crippen LogP contribution in [0.4, 0.5) is 0 Å². The zero-order chi connectivity index (χ0) is 13.7. The first kappa shape index (κ1) is 14.0. The standard InChI is InChI=1S/C15H20N2OS/c1-11-8-13(4-5-14(11)18-3)9-16-7-6-15-17-12(2)10-19-15/h4-5,8,10,16H,6-7,9H2,1-3H3. The van der Waals surface area contributed by atoms with E-state index in [2.05, 4.69) is 34.7 Å². The summed E-state index contributed by atoms with van der Waals surface area (Å²) in [6.07, 6.45) is 0.994. The van der Waals surface area contributed by atoms with Crippen LogP contribution < -0.4 is 10.1 Å². The smallest absolute Gasteiger partial charge is 0.121 e. The molecule has 1 aromatic heterocycles. The predicted octanol–water partition coefficient (Wildman–Crippen LogP) is 3.10. The molecule has 0 atom stereocenters. The molecule has 3 nitrogen and oxygen atoms in total. The molecular weight excluding hydrogens is 256 g/mol. The van der Waals surface area contributed by atoms with Gasteiger partial charge in [-0.05, 0) is 31.0 Å². The van der Waals surface area contributed by atoms with Gasteiger partial charge in [-0.2, -0.15) is 0 Å². The van der Waals surface area contributed by atoms with E-state index in [-0.39, 0.29) is 0 Å². The summed E-state index contributed by atoms with van der Waals surface area (Å²) in [6.45, 7) is 5.95. The molecule has 0 saturated heterocycles. The summed E-state index contributed by atoms with van der Waals surface area (Å²) in [5.74, 6) is 0.946. The number of rotatable bonds is 6. The number of methoxy groups -OCH3 is 1. The van der Waals surface area contributed by atoms with Gasteiger partial charge in [0.2, 0.25) is 0 Å². The molecule has 0 aliphatic rings. The predicted molar refractivity (Wildman–Crippen MR) is 80.0 cm³/mol. The number of hydrogen-bond acceptors (Lipinski definition) is 4.